The number of aromatic nitrogens is 3. The molecule has 0 atom stereocenters. The first-order chi connectivity index (χ1) is 9.83. The van der Waals surface area contributed by atoms with Crippen LogP contribution in [0.1, 0.15) is 24.8 Å². The van der Waals surface area contributed by atoms with E-state index in [1.807, 2.05) is 18.2 Å². The molecule has 2 aromatic rings. The zero-order chi connectivity index (χ0) is 13.8. The summed E-state index contributed by atoms with van der Waals surface area (Å²) in [5, 5.41) is 11.4. The summed E-state index contributed by atoms with van der Waals surface area (Å²) in [6.07, 6.45) is 5.51. The molecule has 1 fully saturated rings. The highest BCUT2D eigenvalue weighted by Crippen LogP contribution is 2.20. The topological polar surface area (TPSA) is 53.9 Å². The average Bonchev–Trinajstić information content (AvgIpc) is 2.51. The Hall–Kier alpha value is -2.17. The Kier molecular flexibility index (Phi) is 3.76. The maximum absolute atomic E-state index is 4.57. The summed E-state index contributed by atoms with van der Waals surface area (Å²) in [6.45, 7) is 4.18. The standard InChI is InChI=1S/C15H19N5/c1-12-7-3-4-8-13(12)17-15-18-14(11-16-19-15)20-9-5-2-6-10-20/h3-4,7-8,11H,2,5-6,9-10H2,1H3,(H,17,18,19). The molecule has 1 N–H and O–H groups in total. The summed E-state index contributed by atoms with van der Waals surface area (Å²) in [5.74, 6) is 1.47. The van der Waals surface area contributed by atoms with Crippen molar-refractivity contribution in [2.24, 2.45) is 0 Å². The molecule has 0 radical (unpaired) electrons. The van der Waals surface area contributed by atoms with Gasteiger partial charge in [-0.1, -0.05) is 18.2 Å². The Morgan fingerprint density at radius 2 is 1.90 bits per heavy atom. The number of hydrogen-bond donors (Lipinski definition) is 1. The minimum atomic E-state index is 0.558. The van der Waals surface area contributed by atoms with Crippen molar-refractivity contribution in [1.82, 2.24) is 15.2 Å². The second-order valence-corrected chi connectivity index (χ2v) is 5.13. The lowest BCUT2D eigenvalue weighted by Gasteiger charge is -2.27. The molecular weight excluding hydrogens is 250 g/mol. The van der Waals surface area contributed by atoms with E-state index in [0.29, 0.717) is 5.95 Å². The fourth-order valence-corrected chi connectivity index (χ4v) is 2.46. The van der Waals surface area contributed by atoms with Gasteiger partial charge in [-0.15, -0.1) is 5.10 Å². The zero-order valence-electron chi connectivity index (χ0n) is 11.7. The number of para-hydroxylation sites is 1. The van der Waals surface area contributed by atoms with Crippen molar-refractivity contribution in [3.8, 4) is 0 Å². The summed E-state index contributed by atoms with van der Waals surface area (Å²) in [6, 6.07) is 8.09. The molecule has 0 amide bonds. The molecule has 5 heteroatoms. The van der Waals surface area contributed by atoms with E-state index in [9.17, 15) is 0 Å². The van der Waals surface area contributed by atoms with Gasteiger partial charge in [0, 0.05) is 18.8 Å². The number of anilines is 3. The summed E-state index contributed by atoms with van der Waals surface area (Å²) in [5.41, 5.74) is 2.18. The molecule has 1 aromatic heterocycles. The van der Waals surface area contributed by atoms with Crippen molar-refractivity contribution in [2.45, 2.75) is 26.2 Å². The van der Waals surface area contributed by atoms with Crippen LogP contribution < -0.4 is 10.2 Å². The van der Waals surface area contributed by atoms with Crippen molar-refractivity contribution in [2.75, 3.05) is 23.3 Å². The van der Waals surface area contributed by atoms with Gasteiger partial charge in [0.25, 0.3) is 0 Å². The Balaban J connectivity index is 1.79. The first-order valence-corrected chi connectivity index (χ1v) is 7.10. The van der Waals surface area contributed by atoms with Gasteiger partial charge in [0.1, 0.15) is 0 Å². The van der Waals surface area contributed by atoms with E-state index in [-0.39, 0.29) is 0 Å². The third kappa shape index (κ3) is 2.87. The maximum atomic E-state index is 4.57. The minimum absolute atomic E-state index is 0.558. The SMILES string of the molecule is Cc1ccccc1Nc1nncc(N2CCCCC2)n1. The smallest absolute Gasteiger partial charge is 0.249 e. The molecule has 104 valence electrons. The lowest BCUT2D eigenvalue weighted by molar-refractivity contribution is 0.572. The number of piperidine rings is 1. The first kappa shape index (κ1) is 12.8. The fraction of sp³-hybridized carbons (Fsp3) is 0.400. The van der Waals surface area contributed by atoms with Crippen LogP contribution in [0.3, 0.4) is 0 Å². The zero-order valence-corrected chi connectivity index (χ0v) is 11.7. The highest BCUT2D eigenvalue weighted by molar-refractivity contribution is 5.58. The van der Waals surface area contributed by atoms with Crippen LogP contribution in [0.5, 0.6) is 0 Å². The number of rotatable bonds is 3. The lowest BCUT2D eigenvalue weighted by atomic mass is 10.1. The first-order valence-electron chi connectivity index (χ1n) is 7.10. The molecular formula is C15H19N5. The number of nitrogens with one attached hydrogen (secondary N) is 1. The van der Waals surface area contributed by atoms with Gasteiger partial charge in [-0.2, -0.15) is 10.1 Å². The van der Waals surface area contributed by atoms with Crippen LogP contribution in [0.25, 0.3) is 0 Å². The van der Waals surface area contributed by atoms with E-state index in [0.717, 1.165) is 24.6 Å². The van der Waals surface area contributed by atoms with Crippen molar-refractivity contribution in [1.29, 1.82) is 0 Å². The highest BCUT2D eigenvalue weighted by atomic mass is 15.3. The molecule has 0 unspecified atom stereocenters. The Bertz CT molecular complexity index is 578. The molecule has 1 aliphatic rings. The highest BCUT2D eigenvalue weighted by Gasteiger charge is 2.13. The van der Waals surface area contributed by atoms with E-state index in [1.54, 1.807) is 6.20 Å². The molecule has 1 aliphatic heterocycles. The normalized spacial score (nSPS) is 15.2. The van der Waals surface area contributed by atoms with E-state index >= 15 is 0 Å². The van der Waals surface area contributed by atoms with Crippen LogP contribution in [0.4, 0.5) is 17.5 Å². The van der Waals surface area contributed by atoms with Crippen LogP contribution in [0.15, 0.2) is 30.5 Å². The van der Waals surface area contributed by atoms with Crippen molar-refractivity contribution in [3.63, 3.8) is 0 Å². The lowest BCUT2D eigenvalue weighted by Crippen LogP contribution is -2.30. The molecule has 3 rings (SSSR count). The molecule has 1 saturated heterocycles. The largest absolute Gasteiger partial charge is 0.355 e. The van der Waals surface area contributed by atoms with Gasteiger partial charge in [0.2, 0.25) is 5.95 Å². The summed E-state index contributed by atoms with van der Waals surface area (Å²) < 4.78 is 0. The quantitative estimate of drug-likeness (QED) is 0.928. The number of benzene rings is 1. The number of nitrogens with zero attached hydrogens (tertiary/aromatic N) is 4. The fourth-order valence-electron chi connectivity index (χ4n) is 2.46. The van der Waals surface area contributed by atoms with E-state index in [2.05, 4.69) is 38.4 Å². The number of hydrogen-bond acceptors (Lipinski definition) is 5. The third-order valence-electron chi connectivity index (χ3n) is 3.62. The Morgan fingerprint density at radius 3 is 2.70 bits per heavy atom. The predicted octanol–water partition coefficient (Wildman–Crippen LogP) is 2.91. The van der Waals surface area contributed by atoms with Crippen molar-refractivity contribution >= 4 is 17.5 Å². The second-order valence-electron chi connectivity index (χ2n) is 5.13. The molecule has 0 aliphatic carbocycles. The predicted molar refractivity (Wildman–Crippen MR) is 80.4 cm³/mol. The van der Waals surface area contributed by atoms with E-state index in [1.165, 1.54) is 24.8 Å². The van der Waals surface area contributed by atoms with Gasteiger partial charge in [0.05, 0.1) is 6.20 Å². The van der Waals surface area contributed by atoms with Crippen LogP contribution in [0, 0.1) is 6.92 Å². The van der Waals surface area contributed by atoms with Gasteiger partial charge in [-0.25, -0.2) is 0 Å². The molecule has 0 saturated carbocycles. The van der Waals surface area contributed by atoms with Crippen molar-refractivity contribution < 1.29 is 0 Å². The van der Waals surface area contributed by atoms with Gasteiger partial charge < -0.3 is 10.2 Å². The van der Waals surface area contributed by atoms with E-state index < -0.39 is 0 Å². The third-order valence-corrected chi connectivity index (χ3v) is 3.62. The molecule has 20 heavy (non-hydrogen) atoms. The van der Waals surface area contributed by atoms with E-state index in [4.69, 9.17) is 0 Å². The van der Waals surface area contributed by atoms with Gasteiger partial charge in [0.15, 0.2) is 5.82 Å². The molecule has 2 heterocycles. The Morgan fingerprint density at radius 1 is 1.10 bits per heavy atom. The summed E-state index contributed by atoms with van der Waals surface area (Å²) in [4.78, 5) is 6.85. The van der Waals surface area contributed by atoms with Crippen LogP contribution in [-0.2, 0) is 0 Å². The maximum Gasteiger partial charge on any atom is 0.249 e. The van der Waals surface area contributed by atoms with Gasteiger partial charge >= 0.3 is 0 Å². The molecule has 0 spiro atoms. The monoisotopic (exact) mass is 269 g/mol. The molecule has 0 bridgehead atoms. The summed E-state index contributed by atoms with van der Waals surface area (Å²) in [7, 11) is 0. The van der Waals surface area contributed by atoms with Gasteiger partial charge in [-0.3, -0.25) is 0 Å². The van der Waals surface area contributed by atoms with Crippen LogP contribution in [0.2, 0.25) is 0 Å². The van der Waals surface area contributed by atoms with Crippen molar-refractivity contribution in [3.05, 3.63) is 36.0 Å². The van der Waals surface area contributed by atoms with Crippen LogP contribution in [-0.4, -0.2) is 28.3 Å². The average molecular weight is 269 g/mol. The molecule has 1 aromatic carbocycles. The van der Waals surface area contributed by atoms with Crippen LogP contribution >= 0.6 is 0 Å². The second kappa shape index (κ2) is 5.86. The Labute approximate surface area is 119 Å². The van der Waals surface area contributed by atoms with Gasteiger partial charge in [-0.05, 0) is 37.8 Å². The number of aryl methyl sites for hydroxylation is 1. The minimum Gasteiger partial charge on any atom is -0.355 e. The summed E-state index contributed by atoms with van der Waals surface area (Å²) >= 11 is 0. The molecule has 5 nitrogen and oxygen atoms in total.